The second-order valence-corrected chi connectivity index (χ2v) is 4.41. The van der Waals surface area contributed by atoms with E-state index in [4.69, 9.17) is 0 Å². The number of aliphatic hydroxyl groups excluding tert-OH is 1. The standard InChI is InChI=1S/C13H16F2N4O/c14-10-2-3-11(12(15)8-10)13(20)9-16-4-1-6-19-7-5-17-18-19/h2-3,5,7-8,13,16,20H,1,4,6,9H2. The molecule has 0 saturated carbocycles. The lowest BCUT2D eigenvalue weighted by molar-refractivity contribution is 0.169. The van der Waals surface area contributed by atoms with Crippen LogP contribution in [0.25, 0.3) is 0 Å². The minimum Gasteiger partial charge on any atom is -0.387 e. The average molecular weight is 282 g/mol. The van der Waals surface area contributed by atoms with Crippen molar-refractivity contribution in [1.82, 2.24) is 20.3 Å². The van der Waals surface area contributed by atoms with Gasteiger partial charge >= 0.3 is 0 Å². The minimum atomic E-state index is -0.998. The molecule has 1 heterocycles. The number of aliphatic hydroxyl groups is 1. The molecule has 2 aromatic rings. The summed E-state index contributed by atoms with van der Waals surface area (Å²) in [5, 5.41) is 20.3. The molecule has 0 aliphatic heterocycles. The van der Waals surface area contributed by atoms with E-state index in [9.17, 15) is 13.9 Å². The largest absolute Gasteiger partial charge is 0.387 e. The maximum Gasteiger partial charge on any atom is 0.131 e. The van der Waals surface area contributed by atoms with Crippen LogP contribution in [-0.4, -0.2) is 33.2 Å². The topological polar surface area (TPSA) is 63.0 Å². The Bertz CT molecular complexity index is 533. The number of hydrogen-bond acceptors (Lipinski definition) is 4. The van der Waals surface area contributed by atoms with Crippen molar-refractivity contribution in [3.63, 3.8) is 0 Å². The van der Waals surface area contributed by atoms with Gasteiger partial charge in [0.2, 0.25) is 0 Å². The number of rotatable bonds is 7. The van der Waals surface area contributed by atoms with Gasteiger partial charge in [0.25, 0.3) is 0 Å². The van der Waals surface area contributed by atoms with Crippen LogP contribution in [0.2, 0.25) is 0 Å². The van der Waals surface area contributed by atoms with Gasteiger partial charge in [-0.1, -0.05) is 11.3 Å². The predicted octanol–water partition coefficient (Wildman–Crippen LogP) is 1.27. The summed E-state index contributed by atoms with van der Waals surface area (Å²) in [6.45, 7) is 1.58. The van der Waals surface area contributed by atoms with Crippen LogP contribution in [0.1, 0.15) is 18.1 Å². The number of halogens is 2. The molecule has 7 heteroatoms. The van der Waals surface area contributed by atoms with E-state index >= 15 is 0 Å². The Hall–Kier alpha value is -1.86. The first kappa shape index (κ1) is 14.5. The molecular formula is C13H16F2N4O. The zero-order valence-corrected chi connectivity index (χ0v) is 10.8. The number of nitrogens with one attached hydrogen (secondary N) is 1. The summed E-state index contributed by atoms with van der Waals surface area (Å²) in [5.74, 6) is -1.39. The maximum absolute atomic E-state index is 13.4. The second-order valence-electron chi connectivity index (χ2n) is 4.41. The molecule has 0 spiro atoms. The Labute approximate surface area is 115 Å². The van der Waals surface area contributed by atoms with Gasteiger partial charge in [0.1, 0.15) is 11.6 Å². The maximum atomic E-state index is 13.4. The van der Waals surface area contributed by atoms with Gasteiger partial charge in [0.05, 0.1) is 12.3 Å². The van der Waals surface area contributed by atoms with Crippen molar-refractivity contribution in [3.05, 3.63) is 47.8 Å². The number of hydrogen-bond donors (Lipinski definition) is 2. The summed E-state index contributed by atoms with van der Waals surface area (Å²) < 4.78 is 27.9. The highest BCUT2D eigenvalue weighted by Gasteiger charge is 2.12. The normalized spacial score (nSPS) is 12.6. The van der Waals surface area contributed by atoms with Crippen LogP contribution in [0.5, 0.6) is 0 Å². The van der Waals surface area contributed by atoms with Crippen LogP contribution in [0, 0.1) is 11.6 Å². The molecule has 0 aliphatic carbocycles. The third-order valence-corrected chi connectivity index (χ3v) is 2.87. The molecule has 0 amide bonds. The van der Waals surface area contributed by atoms with Gasteiger partial charge in [-0.15, -0.1) is 5.10 Å². The van der Waals surface area contributed by atoms with Crippen LogP contribution < -0.4 is 5.32 Å². The van der Waals surface area contributed by atoms with E-state index in [1.807, 2.05) is 0 Å². The van der Waals surface area contributed by atoms with Gasteiger partial charge in [-0.25, -0.2) is 8.78 Å². The fourth-order valence-corrected chi connectivity index (χ4v) is 1.84. The highest BCUT2D eigenvalue weighted by atomic mass is 19.1. The Morgan fingerprint density at radius 2 is 2.20 bits per heavy atom. The highest BCUT2D eigenvalue weighted by molar-refractivity contribution is 5.21. The van der Waals surface area contributed by atoms with Crippen molar-refractivity contribution >= 4 is 0 Å². The SMILES string of the molecule is OC(CNCCCn1ccnn1)c1ccc(F)cc1F. The number of nitrogens with zero attached hydrogens (tertiary/aromatic N) is 3. The van der Waals surface area contributed by atoms with Gasteiger partial charge < -0.3 is 10.4 Å². The molecule has 20 heavy (non-hydrogen) atoms. The first-order valence-corrected chi connectivity index (χ1v) is 6.34. The van der Waals surface area contributed by atoms with Crippen LogP contribution in [0.3, 0.4) is 0 Å². The summed E-state index contributed by atoms with van der Waals surface area (Å²) in [5.41, 5.74) is 0.0928. The molecule has 1 unspecified atom stereocenters. The minimum absolute atomic E-state index is 0.0928. The molecule has 1 aromatic carbocycles. The van der Waals surface area contributed by atoms with Crippen LogP contribution in [0.4, 0.5) is 8.78 Å². The first-order valence-electron chi connectivity index (χ1n) is 6.34. The molecule has 108 valence electrons. The summed E-state index contributed by atoms with van der Waals surface area (Å²) >= 11 is 0. The van der Waals surface area contributed by atoms with Crippen LogP contribution >= 0.6 is 0 Å². The van der Waals surface area contributed by atoms with E-state index in [1.54, 1.807) is 17.1 Å². The average Bonchev–Trinajstić information content (AvgIpc) is 2.91. The summed E-state index contributed by atoms with van der Waals surface area (Å²) in [7, 11) is 0. The molecule has 5 nitrogen and oxygen atoms in total. The van der Waals surface area contributed by atoms with Gasteiger partial charge in [-0.2, -0.15) is 0 Å². The van der Waals surface area contributed by atoms with E-state index < -0.39 is 17.7 Å². The summed E-state index contributed by atoms with van der Waals surface area (Å²) in [6.07, 6.45) is 3.18. The fraction of sp³-hybridized carbons (Fsp3) is 0.385. The molecule has 0 saturated heterocycles. The monoisotopic (exact) mass is 282 g/mol. The molecular weight excluding hydrogens is 266 g/mol. The van der Waals surface area contributed by atoms with Gasteiger partial charge in [-0.3, -0.25) is 4.68 Å². The lowest BCUT2D eigenvalue weighted by Crippen LogP contribution is -2.24. The third-order valence-electron chi connectivity index (χ3n) is 2.87. The molecule has 0 radical (unpaired) electrons. The Kier molecular flexibility index (Phi) is 5.14. The smallest absolute Gasteiger partial charge is 0.131 e. The number of aryl methyl sites for hydroxylation is 1. The van der Waals surface area contributed by atoms with Crippen molar-refractivity contribution in [1.29, 1.82) is 0 Å². The van der Waals surface area contributed by atoms with Crippen molar-refractivity contribution in [3.8, 4) is 0 Å². The first-order chi connectivity index (χ1) is 9.66. The van der Waals surface area contributed by atoms with E-state index in [2.05, 4.69) is 15.6 Å². The summed E-state index contributed by atoms with van der Waals surface area (Å²) in [6, 6.07) is 3.15. The van der Waals surface area contributed by atoms with E-state index in [1.165, 1.54) is 6.07 Å². The Morgan fingerprint density at radius 1 is 1.35 bits per heavy atom. The second kappa shape index (κ2) is 7.06. The van der Waals surface area contributed by atoms with Crippen molar-refractivity contribution < 1.29 is 13.9 Å². The molecule has 0 bridgehead atoms. The van der Waals surface area contributed by atoms with Crippen LogP contribution in [0.15, 0.2) is 30.6 Å². The Morgan fingerprint density at radius 3 is 2.90 bits per heavy atom. The summed E-state index contributed by atoms with van der Waals surface area (Å²) in [4.78, 5) is 0. The van der Waals surface area contributed by atoms with E-state index in [0.29, 0.717) is 13.1 Å². The lowest BCUT2D eigenvalue weighted by Gasteiger charge is -2.13. The quantitative estimate of drug-likeness (QED) is 0.751. The van der Waals surface area contributed by atoms with Crippen molar-refractivity contribution in [2.24, 2.45) is 0 Å². The van der Waals surface area contributed by atoms with Crippen LogP contribution in [-0.2, 0) is 6.54 Å². The van der Waals surface area contributed by atoms with Gasteiger partial charge in [0, 0.05) is 30.9 Å². The van der Waals surface area contributed by atoms with Gasteiger partial charge in [0.15, 0.2) is 0 Å². The van der Waals surface area contributed by atoms with Crippen molar-refractivity contribution in [2.45, 2.75) is 19.1 Å². The lowest BCUT2D eigenvalue weighted by atomic mass is 10.1. The molecule has 0 aliphatic rings. The zero-order chi connectivity index (χ0) is 14.4. The predicted molar refractivity (Wildman–Crippen MR) is 68.8 cm³/mol. The zero-order valence-electron chi connectivity index (χ0n) is 10.8. The molecule has 2 rings (SSSR count). The highest BCUT2D eigenvalue weighted by Crippen LogP contribution is 2.17. The molecule has 0 fully saturated rings. The molecule has 2 N–H and O–H groups in total. The number of aromatic nitrogens is 3. The van der Waals surface area contributed by atoms with Gasteiger partial charge in [-0.05, 0) is 19.0 Å². The van der Waals surface area contributed by atoms with E-state index in [-0.39, 0.29) is 12.1 Å². The van der Waals surface area contributed by atoms with Crippen molar-refractivity contribution in [2.75, 3.05) is 13.1 Å². The molecule has 1 aromatic heterocycles. The Balaban J connectivity index is 1.70. The fourth-order valence-electron chi connectivity index (χ4n) is 1.84. The third kappa shape index (κ3) is 4.07. The van der Waals surface area contributed by atoms with E-state index in [0.717, 1.165) is 18.6 Å². The molecule has 1 atom stereocenters. The number of benzene rings is 1.